The topological polar surface area (TPSA) is 94.3 Å². The van der Waals surface area contributed by atoms with Gasteiger partial charge in [0.15, 0.2) is 5.82 Å². The molecule has 0 saturated carbocycles. The van der Waals surface area contributed by atoms with E-state index in [4.69, 9.17) is 0 Å². The van der Waals surface area contributed by atoms with Crippen LogP contribution in [0.4, 0.5) is 0 Å². The highest BCUT2D eigenvalue weighted by Crippen LogP contribution is 2.18. The van der Waals surface area contributed by atoms with Gasteiger partial charge in [-0.05, 0) is 19.1 Å². The minimum absolute atomic E-state index is 0.220. The van der Waals surface area contributed by atoms with Crippen molar-refractivity contribution in [1.82, 2.24) is 34.5 Å². The molecule has 9 heteroatoms. The molecule has 25 heavy (non-hydrogen) atoms. The van der Waals surface area contributed by atoms with Crippen LogP contribution in [0.5, 0.6) is 0 Å². The van der Waals surface area contributed by atoms with Crippen LogP contribution >= 0.6 is 11.3 Å². The van der Waals surface area contributed by atoms with Crippen molar-refractivity contribution >= 4 is 11.3 Å². The standard InChI is InChI=1S/C16H15N7OS/c1-10-19-11(9-25-10)6-14-20-15(13-4-3-5-17-16(13)24)21-23(14)12-7-18-22(2)8-12/h3-5,7-9H,6H2,1-2H3,(H,17,24). The van der Waals surface area contributed by atoms with Gasteiger partial charge in [-0.25, -0.2) is 14.6 Å². The molecule has 126 valence electrons. The van der Waals surface area contributed by atoms with Crippen molar-refractivity contribution in [3.05, 3.63) is 63.0 Å². The maximum absolute atomic E-state index is 12.1. The van der Waals surface area contributed by atoms with Crippen LogP contribution in [-0.2, 0) is 13.5 Å². The first-order valence-corrected chi connectivity index (χ1v) is 8.52. The Kier molecular flexibility index (Phi) is 3.77. The molecule has 0 fully saturated rings. The number of hydrogen-bond acceptors (Lipinski definition) is 6. The van der Waals surface area contributed by atoms with Crippen LogP contribution in [0, 0.1) is 6.92 Å². The van der Waals surface area contributed by atoms with E-state index in [1.165, 1.54) is 0 Å². The van der Waals surface area contributed by atoms with Gasteiger partial charge in [-0.2, -0.15) is 5.10 Å². The van der Waals surface area contributed by atoms with E-state index in [0.29, 0.717) is 23.6 Å². The number of thiazole rings is 1. The van der Waals surface area contributed by atoms with E-state index in [1.54, 1.807) is 45.2 Å². The highest BCUT2D eigenvalue weighted by atomic mass is 32.1. The van der Waals surface area contributed by atoms with Crippen LogP contribution in [0.3, 0.4) is 0 Å². The summed E-state index contributed by atoms with van der Waals surface area (Å²) in [6.45, 7) is 1.97. The lowest BCUT2D eigenvalue weighted by atomic mass is 10.2. The zero-order valence-corrected chi connectivity index (χ0v) is 14.5. The number of aromatic amines is 1. The average molecular weight is 353 g/mol. The fraction of sp³-hybridized carbons (Fsp3) is 0.188. The summed E-state index contributed by atoms with van der Waals surface area (Å²) in [5.74, 6) is 1.09. The molecule has 0 unspecified atom stereocenters. The van der Waals surface area contributed by atoms with Gasteiger partial charge in [0, 0.05) is 18.6 Å². The van der Waals surface area contributed by atoms with Gasteiger partial charge in [-0.15, -0.1) is 16.4 Å². The van der Waals surface area contributed by atoms with Crippen LogP contribution in [0.2, 0.25) is 0 Å². The van der Waals surface area contributed by atoms with Crippen LogP contribution in [-0.4, -0.2) is 34.5 Å². The molecule has 0 atom stereocenters. The van der Waals surface area contributed by atoms with Crippen LogP contribution in [0.15, 0.2) is 40.9 Å². The molecule has 4 aromatic rings. The highest BCUT2D eigenvalue weighted by Gasteiger charge is 2.17. The molecule has 0 aliphatic carbocycles. The van der Waals surface area contributed by atoms with Crippen molar-refractivity contribution < 1.29 is 0 Å². The third-order valence-corrected chi connectivity index (χ3v) is 4.50. The minimum Gasteiger partial charge on any atom is -0.328 e. The summed E-state index contributed by atoms with van der Waals surface area (Å²) < 4.78 is 3.41. The first-order chi connectivity index (χ1) is 12.1. The fourth-order valence-corrected chi connectivity index (χ4v) is 3.16. The van der Waals surface area contributed by atoms with E-state index in [2.05, 4.69) is 25.1 Å². The monoisotopic (exact) mass is 353 g/mol. The molecule has 0 aromatic carbocycles. The van der Waals surface area contributed by atoms with E-state index < -0.39 is 0 Å². The summed E-state index contributed by atoms with van der Waals surface area (Å²) in [6.07, 6.45) is 5.67. The summed E-state index contributed by atoms with van der Waals surface area (Å²) in [6, 6.07) is 3.46. The lowest BCUT2D eigenvalue weighted by Gasteiger charge is -2.00. The molecule has 4 heterocycles. The van der Waals surface area contributed by atoms with Crippen LogP contribution in [0.25, 0.3) is 17.1 Å². The normalized spacial score (nSPS) is 11.1. The minimum atomic E-state index is -0.220. The molecule has 0 saturated heterocycles. The van der Waals surface area contributed by atoms with Gasteiger partial charge >= 0.3 is 0 Å². The number of aromatic nitrogens is 7. The maximum Gasteiger partial charge on any atom is 0.259 e. The Morgan fingerprint density at radius 3 is 2.88 bits per heavy atom. The van der Waals surface area contributed by atoms with Crippen molar-refractivity contribution in [2.24, 2.45) is 7.05 Å². The van der Waals surface area contributed by atoms with Gasteiger partial charge in [-0.3, -0.25) is 9.48 Å². The second kappa shape index (κ2) is 6.10. The van der Waals surface area contributed by atoms with Crippen molar-refractivity contribution in [3.8, 4) is 17.1 Å². The van der Waals surface area contributed by atoms with E-state index in [1.807, 2.05) is 25.5 Å². The first kappa shape index (κ1) is 15.5. The van der Waals surface area contributed by atoms with Crippen LogP contribution in [0.1, 0.15) is 16.5 Å². The predicted octanol–water partition coefficient (Wildman–Crippen LogP) is 1.71. The molecular formula is C16H15N7OS. The van der Waals surface area contributed by atoms with E-state index in [-0.39, 0.29) is 5.56 Å². The predicted molar refractivity (Wildman–Crippen MR) is 93.8 cm³/mol. The number of aryl methyl sites for hydroxylation is 2. The van der Waals surface area contributed by atoms with Gasteiger partial charge in [-0.1, -0.05) is 0 Å². The van der Waals surface area contributed by atoms with E-state index in [9.17, 15) is 4.79 Å². The number of H-pyrrole nitrogens is 1. The molecule has 0 spiro atoms. The number of nitrogens with zero attached hydrogens (tertiary/aromatic N) is 6. The van der Waals surface area contributed by atoms with Gasteiger partial charge < -0.3 is 4.98 Å². The van der Waals surface area contributed by atoms with Gasteiger partial charge in [0.1, 0.15) is 11.5 Å². The second-order valence-electron chi connectivity index (χ2n) is 5.58. The number of hydrogen-bond donors (Lipinski definition) is 1. The summed E-state index contributed by atoms with van der Waals surface area (Å²) in [5, 5.41) is 11.7. The van der Waals surface area contributed by atoms with Gasteiger partial charge in [0.05, 0.1) is 35.1 Å². The lowest BCUT2D eigenvalue weighted by Crippen LogP contribution is -2.08. The van der Waals surface area contributed by atoms with Gasteiger partial charge in [0.2, 0.25) is 0 Å². The maximum atomic E-state index is 12.1. The Bertz CT molecular complexity index is 1090. The quantitative estimate of drug-likeness (QED) is 0.603. The molecule has 0 bridgehead atoms. The zero-order valence-electron chi connectivity index (χ0n) is 13.7. The fourth-order valence-electron chi connectivity index (χ4n) is 2.55. The van der Waals surface area contributed by atoms with Crippen molar-refractivity contribution in [3.63, 3.8) is 0 Å². The Balaban J connectivity index is 1.83. The molecule has 0 aliphatic rings. The largest absolute Gasteiger partial charge is 0.328 e. The molecular weight excluding hydrogens is 338 g/mol. The SMILES string of the molecule is Cc1nc(Cc2nc(-c3ccc[nH]c3=O)nn2-c2cnn(C)c2)cs1. The van der Waals surface area contributed by atoms with Crippen molar-refractivity contribution in [2.75, 3.05) is 0 Å². The van der Waals surface area contributed by atoms with E-state index >= 15 is 0 Å². The molecule has 4 rings (SSSR count). The first-order valence-electron chi connectivity index (χ1n) is 7.64. The Morgan fingerprint density at radius 2 is 2.20 bits per heavy atom. The molecule has 8 nitrogen and oxygen atoms in total. The van der Waals surface area contributed by atoms with Crippen LogP contribution < -0.4 is 5.56 Å². The number of pyridine rings is 1. The molecule has 4 aromatic heterocycles. The third-order valence-electron chi connectivity index (χ3n) is 3.67. The smallest absolute Gasteiger partial charge is 0.259 e. The summed E-state index contributed by atoms with van der Waals surface area (Å²) >= 11 is 1.60. The summed E-state index contributed by atoms with van der Waals surface area (Å²) in [7, 11) is 1.84. The summed E-state index contributed by atoms with van der Waals surface area (Å²) in [5.41, 5.74) is 1.92. The Morgan fingerprint density at radius 1 is 1.32 bits per heavy atom. The Labute approximate surface area is 146 Å². The van der Waals surface area contributed by atoms with Crippen molar-refractivity contribution in [2.45, 2.75) is 13.3 Å². The lowest BCUT2D eigenvalue weighted by molar-refractivity contribution is 0.763. The second-order valence-corrected chi connectivity index (χ2v) is 6.65. The highest BCUT2D eigenvalue weighted by molar-refractivity contribution is 7.09. The molecule has 0 amide bonds. The van der Waals surface area contributed by atoms with Crippen molar-refractivity contribution in [1.29, 1.82) is 0 Å². The average Bonchev–Trinajstić information content (AvgIpc) is 3.29. The molecule has 0 radical (unpaired) electrons. The molecule has 0 aliphatic heterocycles. The third kappa shape index (κ3) is 3.01. The number of rotatable bonds is 4. The van der Waals surface area contributed by atoms with E-state index in [0.717, 1.165) is 16.4 Å². The Hall–Kier alpha value is -3.07. The number of nitrogens with one attached hydrogen (secondary N) is 1. The van der Waals surface area contributed by atoms with Gasteiger partial charge in [0.25, 0.3) is 5.56 Å². The summed E-state index contributed by atoms with van der Waals surface area (Å²) in [4.78, 5) is 23.8. The zero-order chi connectivity index (χ0) is 17.4. The molecule has 1 N–H and O–H groups in total.